The van der Waals surface area contributed by atoms with Crippen LogP contribution in [-0.2, 0) is 12.0 Å². The van der Waals surface area contributed by atoms with Crippen molar-refractivity contribution in [1.82, 2.24) is 4.90 Å². The first-order valence-electron chi connectivity index (χ1n) is 7.89. The summed E-state index contributed by atoms with van der Waals surface area (Å²) in [5, 5.41) is 9.90. The summed E-state index contributed by atoms with van der Waals surface area (Å²) in [4.78, 5) is 2.32. The molecule has 2 aliphatic heterocycles. The fraction of sp³-hybridized carbons (Fsp3) is 0.556. The Balaban J connectivity index is 2.19. The Hall–Kier alpha value is -1.52. The average Bonchev–Trinajstić information content (AvgIpc) is 2.70. The fourth-order valence-corrected chi connectivity index (χ4v) is 3.87. The smallest absolute Gasteiger partial charge is 0.166 e. The molecular weight excluding hydrogens is 278 g/mol. The molecule has 0 radical (unpaired) electrons. The SMILES string of the molecule is C=C[C@@]12CCN(C)Cc3ccc(OC)c(c31)O[C@H]2C[C@H](C)O. The van der Waals surface area contributed by atoms with Gasteiger partial charge < -0.3 is 19.5 Å². The highest BCUT2D eigenvalue weighted by molar-refractivity contribution is 5.60. The Kier molecular flexibility index (Phi) is 3.91. The number of nitrogens with zero attached hydrogens (tertiary/aromatic N) is 1. The first kappa shape index (κ1) is 15.4. The van der Waals surface area contributed by atoms with E-state index in [0.29, 0.717) is 6.42 Å². The van der Waals surface area contributed by atoms with Gasteiger partial charge in [-0.15, -0.1) is 6.58 Å². The number of aliphatic hydroxyl groups is 1. The quantitative estimate of drug-likeness (QED) is 0.868. The number of rotatable bonds is 4. The highest BCUT2D eigenvalue weighted by atomic mass is 16.5. The standard InChI is InChI=1S/C18H25NO3/c1-5-18-8-9-19(3)11-13-6-7-14(21-4)17(16(13)18)22-15(18)10-12(2)20/h5-7,12,15,20H,1,8-11H2,2-4H3/t12-,15-,18-/m0/s1. The summed E-state index contributed by atoms with van der Waals surface area (Å²) in [7, 11) is 3.81. The van der Waals surface area contributed by atoms with Gasteiger partial charge in [-0.2, -0.15) is 0 Å². The van der Waals surface area contributed by atoms with Crippen molar-refractivity contribution >= 4 is 0 Å². The summed E-state index contributed by atoms with van der Waals surface area (Å²) in [6, 6.07) is 4.11. The van der Waals surface area contributed by atoms with Crippen LogP contribution < -0.4 is 9.47 Å². The van der Waals surface area contributed by atoms with Crippen molar-refractivity contribution in [2.75, 3.05) is 20.7 Å². The van der Waals surface area contributed by atoms with E-state index in [1.807, 2.05) is 19.1 Å². The minimum absolute atomic E-state index is 0.0958. The Morgan fingerprint density at radius 3 is 3.00 bits per heavy atom. The van der Waals surface area contributed by atoms with E-state index in [9.17, 15) is 5.11 Å². The van der Waals surface area contributed by atoms with Crippen molar-refractivity contribution in [1.29, 1.82) is 0 Å². The molecule has 0 spiro atoms. The van der Waals surface area contributed by atoms with E-state index < -0.39 is 6.10 Å². The van der Waals surface area contributed by atoms with Crippen molar-refractivity contribution in [3.05, 3.63) is 35.9 Å². The predicted octanol–water partition coefficient (Wildman–Crippen LogP) is 2.49. The molecular formula is C18H25NO3. The van der Waals surface area contributed by atoms with E-state index in [1.165, 1.54) is 11.1 Å². The summed E-state index contributed by atoms with van der Waals surface area (Å²) in [5.74, 6) is 1.60. The van der Waals surface area contributed by atoms with Gasteiger partial charge in [-0.05, 0) is 38.6 Å². The van der Waals surface area contributed by atoms with Crippen LogP contribution in [0.1, 0.15) is 30.9 Å². The summed E-state index contributed by atoms with van der Waals surface area (Å²) in [5.41, 5.74) is 2.22. The molecule has 120 valence electrons. The maximum absolute atomic E-state index is 9.90. The van der Waals surface area contributed by atoms with Gasteiger partial charge in [0.2, 0.25) is 0 Å². The average molecular weight is 303 g/mol. The zero-order valence-corrected chi connectivity index (χ0v) is 13.6. The Morgan fingerprint density at radius 1 is 1.59 bits per heavy atom. The molecule has 0 fully saturated rings. The van der Waals surface area contributed by atoms with E-state index in [1.54, 1.807) is 7.11 Å². The van der Waals surface area contributed by atoms with Crippen LogP contribution >= 0.6 is 0 Å². The fourth-order valence-electron chi connectivity index (χ4n) is 3.87. The molecule has 1 N–H and O–H groups in total. The van der Waals surface area contributed by atoms with Crippen molar-refractivity contribution in [2.24, 2.45) is 0 Å². The number of methoxy groups -OCH3 is 1. The second kappa shape index (κ2) is 5.60. The van der Waals surface area contributed by atoms with Crippen molar-refractivity contribution in [3.8, 4) is 11.5 Å². The maximum atomic E-state index is 9.90. The molecule has 0 saturated heterocycles. The Labute approximate surface area is 132 Å². The van der Waals surface area contributed by atoms with Gasteiger partial charge in [0, 0.05) is 18.5 Å². The lowest BCUT2D eigenvalue weighted by Crippen LogP contribution is -2.39. The first-order valence-corrected chi connectivity index (χ1v) is 7.89. The number of aliphatic hydroxyl groups excluding tert-OH is 1. The zero-order valence-electron chi connectivity index (χ0n) is 13.6. The van der Waals surface area contributed by atoms with Crippen molar-refractivity contribution in [3.63, 3.8) is 0 Å². The van der Waals surface area contributed by atoms with Gasteiger partial charge in [0.25, 0.3) is 0 Å². The van der Waals surface area contributed by atoms with Gasteiger partial charge in [0.15, 0.2) is 11.5 Å². The lowest BCUT2D eigenvalue weighted by atomic mass is 9.72. The van der Waals surface area contributed by atoms with Crippen LogP contribution in [0, 0.1) is 0 Å². The maximum Gasteiger partial charge on any atom is 0.166 e. The molecule has 0 bridgehead atoms. The lowest BCUT2D eigenvalue weighted by molar-refractivity contribution is 0.0821. The summed E-state index contributed by atoms with van der Waals surface area (Å²) < 4.78 is 11.8. The van der Waals surface area contributed by atoms with E-state index in [-0.39, 0.29) is 11.5 Å². The van der Waals surface area contributed by atoms with E-state index in [2.05, 4.69) is 24.6 Å². The van der Waals surface area contributed by atoms with Crippen LogP contribution in [0.15, 0.2) is 24.8 Å². The molecule has 0 saturated carbocycles. The highest BCUT2D eigenvalue weighted by Crippen LogP contribution is 2.54. The number of hydrogen-bond acceptors (Lipinski definition) is 4. The zero-order chi connectivity index (χ0) is 15.9. The Morgan fingerprint density at radius 2 is 2.36 bits per heavy atom. The second-order valence-electron chi connectivity index (χ2n) is 6.55. The molecule has 0 unspecified atom stereocenters. The molecule has 3 rings (SSSR count). The number of benzene rings is 1. The van der Waals surface area contributed by atoms with Crippen LogP contribution in [0.25, 0.3) is 0 Å². The topological polar surface area (TPSA) is 41.9 Å². The van der Waals surface area contributed by atoms with Crippen LogP contribution in [0.3, 0.4) is 0 Å². The van der Waals surface area contributed by atoms with Gasteiger partial charge in [-0.1, -0.05) is 12.1 Å². The van der Waals surface area contributed by atoms with Gasteiger partial charge in [-0.25, -0.2) is 0 Å². The third-order valence-electron chi connectivity index (χ3n) is 4.99. The van der Waals surface area contributed by atoms with Gasteiger partial charge in [0.1, 0.15) is 6.10 Å². The molecule has 0 aromatic heterocycles. The molecule has 3 atom stereocenters. The molecule has 1 aromatic rings. The molecule has 0 amide bonds. The molecule has 1 aromatic carbocycles. The van der Waals surface area contributed by atoms with E-state index >= 15 is 0 Å². The van der Waals surface area contributed by atoms with Gasteiger partial charge in [0.05, 0.1) is 18.6 Å². The molecule has 4 nitrogen and oxygen atoms in total. The normalized spacial score (nSPS) is 28.5. The van der Waals surface area contributed by atoms with Crippen molar-refractivity contribution in [2.45, 2.75) is 43.9 Å². The molecule has 22 heavy (non-hydrogen) atoms. The third kappa shape index (κ3) is 2.22. The van der Waals surface area contributed by atoms with Gasteiger partial charge in [-0.3, -0.25) is 0 Å². The molecule has 4 heteroatoms. The van der Waals surface area contributed by atoms with Crippen molar-refractivity contribution < 1.29 is 14.6 Å². The molecule has 0 aliphatic carbocycles. The third-order valence-corrected chi connectivity index (χ3v) is 4.99. The second-order valence-corrected chi connectivity index (χ2v) is 6.55. The monoisotopic (exact) mass is 303 g/mol. The largest absolute Gasteiger partial charge is 0.493 e. The number of hydrogen-bond donors (Lipinski definition) is 1. The number of ether oxygens (including phenoxy) is 2. The highest BCUT2D eigenvalue weighted by Gasteiger charge is 2.50. The molecule has 2 aliphatic rings. The summed E-state index contributed by atoms with van der Waals surface area (Å²) in [6.07, 6.45) is 3.05. The first-order chi connectivity index (χ1) is 10.5. The van der Waals surface area contributed by atoms with Crippen LogP contribution in [0.2, 0.25) is 0 Å². The van der Waals surface area contributed by atoms with E-state index in [0.717, 1.165) is 31.0 Å². The minimum Gasteiger partial charge on any atom is -0.493 e. The van der Waals surface area contributed by atoms with E-state index in [4.69, 9.17) is 9.47 Å². The lowest BCUT2D eigenvalue weighted by Gasteiger charge is -2.32. The van der Waals surface area contributed by atoms with Crippen LogP contribution in [-0.4, -0.2) is 42.9 Å². The van der Waals surface area contributed by atoms with Gasteiger partial charge >= 0.3 is 0 Å². The summed E-state index contributed by atoms with van der Waals surface area (Å²) in [6.45, 7) is 7.80. The summed E-state index contributed by atoms with van der Waals surface area (Å²) >= 11 is 0. The minimum atomic E-state index is -0.411. The molecule has 2 heterocycles. The van der Waals surface area contributed by atoms with Crippen LogP contribution in [0.5, 0.6) is 11.5 Å². The van der Waals surface area contributed by atoms with Crippen LogP contribution in [0.4, 0.5) is 0 Å². The predicted molar refractivity (Wildman–Crippen MR) is 86.5 cm³/mol. The Bertz CT molecular complexity index is 584.